The molecule has 0 radical (unpaired) electrons. The van der Waals surface area contributed by atoms with Crippen molar-refractivity contribution in [2.45, 2.75) is 38.6 Å². The van der Waals surface area contributed by atoms with Gasteiger partial charge < -0.3 is 20.3 Å². The number of amides is 1. The molecule has 7 heteroatoms. The van der Waals surface area contributed by atoms with Crippen molar-refractivity contribution in [3.05, 3.63) is 41.6 Å². The molecule has 0 bridgehead atoms. The van der Waals surface area contributed by atoms with E-state index in [-0.39, 0.29) is 11.9 Å². The van der Waals surface area contributed by atoms with Crippen LogP contribution in [0.15, 0.2) is 30.5 Å². The molecule has 1 fully saturated rings. The number of benzene rings is 1. The van der Waals surface area contributed by atoms with E-state index in [2.05, 4.69) is 20.6 Å². The smallest absolute Gasteiger partial charge is 0.251 e. The highest BCUT2D eigenvalue weighted by Gasteiger charge is 2.23. The summed E-state index contributed by atoms with van der Waals surface area (Å²) in [7, 11) is 5.59. The van der Waals surface area contributed by atoms with Crippen molar-refractivity contribution < 1.29 is 9.53 Å². The van der Waals surface area contributed by atoms with Crippen LogP contribution in [-0.2, 0) is 0 Å². The van der Waals surface area contributed by atoms with E-state index in [4.69, 9.17) is 4.74 Å². The second kappa shape index (κ2) is 9.58. The zero-order valence-electron chi connectivity index (χ0n) is 17.7. The van der Waals surface area contributed by atoms with Crippen molar-refractivity contribution in [3.63, 3.8) is 0 Å². The normalized spacial score (nSPS) is 18.8. The molecule has 1 aromatic carbocycles. The molecule has 1 aliphatic carbocycles. The Morgan fingerprint density at radius 2 is 1.86 bits per heavy atom. The molecule has 1 aromatic heterocycles. The monoisotopic (exact) mass is 397 g/mol. The number of nitrogens with zero attached hydrogens (tertiary/aromatic N) is 3. The van der Waals surface area contributed by atoms with E-state index in [9.17, 15) is 4.79 Å². The third kappa shape index (κ3) is 5.59. The molecule has 1 amide bonds. The fourth-order valence-corrected chi connectivity index (χ4v) is 3.73. The molecule has 2 N–H and O–H groups in total. The molecule has 0 saturated heterocycles. The van der Waals surface area contributed by atoms with Crippen LogP contribution in [0.5, 0.6) is 5.75 Å². The summed E-state index contributed by atoms with van der Waals surface area (Å²) in [6.07, 6.45) is 5.99. The first-order valence-electron chi connectivity index (χ1n) is 10.2. The summed E-state index contributed by atoms with van der Waals surface area (Å²) in [5.74, 6) is 2.92. The van der Waals surface area contributed by atoms with E-state index in [0.717, 1.165) is 49.4 Å². The molecular weight excluding hydrogens is 366 g/mol. The van der Waals surface area contributed by atoms with Gasteiger partial charge in [-0.05, 0) is 62.8 Å². The summed E-state index contributed by atoms with van der Waals surface area (Å²) in [4.78, 5) is 23.4. The fourth-order valence-electron chi connectivity index (χ4n) is 3.73. The number of aryl methyl sites for hydroxylation is 1. The maximum atomic E-state index is 12.4. The lowest BCUT2D eigenvalue weighted by molar-refractivity contribution is 0.0922. The molecule has 3 rings (SSSR count). The Morgan fingerprint density at radius 1 is 1.17 bits per heavy atom. The van der Waals surface area contributed by atoms with Crippen molar-refractivity contribution in [1.82, 2.24) is 15.3 Å². The van der Waals surface area contributed by atoms with Crippen LogP contribution in [0.3, 0.4) is 0 Å². The predicted molar refractivity (Wildman–Crippen MR) is 116 cm³/mol. The Bertz CT molecular complexity index is 814. The summed E-state index contributed by atoms with van der Waals surface area (Å²) in [6, 6.07) is 7.45. The highest BCUT2D eigenvalue weighted by atomic mass is 16.5. The first-order chi connectivity index (χ1) is 14.0. The maximum absolute atomic E-state index is 12.4. The number of anilines is 2. The predicted octanol–water partition coefficient (Wildman–Crippen LogP) is 3.26. The summed E-state index contributed by atoms with van der Waals surface area (Å²) in [5.41, 5.74) is 1.73. The van der Waals surface area contributed by atoms with Crippen molar-refractivity contribution in [2.24, 2.45) is 5.92 Å². The van der Waals surface area contributed by atoms with Crippen LogP contribution < -0.4 is 20.3 Å². The van der Waals surface area contributed by atoms with Gasteiger partial charge in [-0.1, -0.05) is 0 Å². The van der Waals surface area contributed by atoms with Crippen LogP contribution in [-0.4, -0.2) is 49.7 Å². The van der Waals surface area contributed by atoms with Crippen LogP contribution in [0.1, 0.15) is 41.6 Å². The maximum Gasteiger partial charge on any atom is 0.251 e. The van der Waals surface area contributed by atoms with Gasteiger partial charge in [0.1, 0.15) is 11.6 Å². The number of ether oxygens (including phenoxy) is 1. The quantitative estimate of drug-likeness (QED) is 0.747. The van der Waals surface area contributed by atoms with Gasteiger partial charge in [-0.3, -0.25) is 4.79 Å². The lowest BCUT2D eigenvalue weighted by Crippen LogP contribution is -2.38. The summed E-state index contributed by atoms with van der Waals surface area (Å²) >= 11 is 0. The molecule has 0 atom stereocenters. The molecule has 29 heavy (non-hydrogen) atoms. The minimum Gasteiger partial charge on any atom is -0.497 e. The van der Waals surface area contributed by atoms with Crippen LogP contribution in [0, 0.1) is 12.8 Å². The summed E-state index contributed by atoms with van der Waals surface area (Å²) in [6.45, 7) is 2.87. The van der Waals surface area contributed by atoms with Gasteiger partial charge in [0, 0.05) is 44.0 Å². The lowest BCUT2D eigenvalue weighted by Gasteiger charge is -2.29. The highest BCUT2D eigenvalue weighted by Crippen LogP contribution is 2.25. The molecule has 0 unspecified atom stereocenters. The van der Waals surface area contributed by atoms with Gasteiger partial charge >= 0.3 is 0 Å². The lowest BCUT2D eigenvalue weighted by atomic mass is 9.86. The summed E-state index contributed by atoms with van der Waals surface area (Å²) < 4.78 is 5.14. The Balaban J connectivity index is 1.44. The van der Waals surface area contributed by atoms with Gasteiger partial charge in [-0.15, -0.1) is 0 Å². The van der Waals surface area contributed by atoms with Crippen LogP contribution in [0.2, 0.25) is 0 Å². The zero-order valence-corrected chi connectivity index (χ0v) is 17.7. The van der Waals surface area contributed by atoms with E-state index in [1.807, 2.05) is 44.2 Å². The van der Waals surface area contributed by atoms with E-state index >= 15 is 0 Å². The third-order valence-corrected chi connectivity index (χ3v) is 5.45. The standard InChI is InChI=1S/C22H31N5O2/c1-15-13-23-22(26-20(15)27(2)3)24-14-16-5-9-18(10-6-16)25-21(28)17-7-11-19(29-4)12-8-17/h7-8,11-13,16,18H,5-6,9-10,14H2,1-4H3,(H,25,28)(H,23,24,26)/t16-,18+. The van der Waals surface area contributed by atoms with Crippen LogP contribution >= 0.6 is 0 Å². The van der Waals surface area contributed by atoms with Crippen molar-refractivity contribution in [1.29, 1.82) is 0 Å². The Labute approximate surface area is 172 Å². The van der Waals surface area contributed by atoms with E-state index < -0.39 is 0 Å². The molecule has 1 aliphatic rings. The van der Waals surface area contributed by atoms with Crippen molar-refractivity contribution >= 4 is 17.7 Å². The number of hydrogen-bond donors (Lipinski definition) is 2. The Morgan fingerprint density at radius 3 is 2.48 bits per heavy atom. The Hall–Kier alpha value is -2.83. The van der Waals surface area contributed by atoms with Gasteiger partial charge in [0.05, 0.1) is 7.11 Å². The summed E-state index contributed by atoms with van der Waals surface area (Å²) in [5, 5.41) is 6.54. The van der Waals surface area contributed by atoms with Crippen LogP contribution in [0.25, 0.3) is 0 Å². The van der Waals surface area contributed by atoms with Gasteiger partial charge in [0.15, 0.2) is 0 Å². The van der Waals surface area contributed by atoms with Gasteiger partial charge in [-0.2, -0.15) is 4.98 Å². The molecule has 0 aliphatic heterocycles. The molecule has 156 valence electrons. The first kappa shape index (κ1) is 20.9. The number of carbonyl (C=O) groups is 1. The molecular formula is C22H31N5O2. The Kier molecular flexibility index (Phi) is 6.90. The number of aromatic nitrogens is 2. The van der Waals surface area contributed by atoms with Crippen molar-refractivity contribution in [3.8, 4) is 5.75 Å². The van der Waals surface area contributed by atoms with Gasteiger partial charge in [-0.25, -0.2) is 4.98 Å². The number of nitrogens with one attached hydrogen (secondary N) is 2. The fraction of sp³-hybridized carbons (Fsp3) is 0.500. The number of rotatable bonds is 7. The van der Waals surface area contributed by atoms with Gasteiger partial charge in [0.2, 0.25) is 5.95 Å². The zero-order chi connectivity index (χ0) is 20.8. The highest BCUT2D eigenvalue weighted by molar-refractivity contribution is 5.94. The molecule has 1 saturated carbocycles. The third-order valence-electron chi connectivity index (χ3n) is 5.45. The first-order valence-corrected chi connectivity index (χ1v) is 10.2. The topological polar surface area (TPSA) is 79.4 Å². The van der Waals surface area contributed by atoms with Gasteiger partial charge in [0.25, 0.3) is 5.91 Å². The number of methoxy groups -OCH3 is 1. The SMILES string of the molecule is COc1ccc(C(=O)N[C@H]2CC[C@@H](CNc3ncc(C)c(N(C)C)n3)CC2)cc1. The number of carbonyl (C=O) groups excluding carboxylic acids is 1. The largest absolute Gasteiger partial charge is 0.497 e. The van der Waals surface area contributed by atoms with Crippen LogP contribution in [0.4, 0.5) is 11.8 Å². The average Bonchev–Trinajstić information content (AvgIpc) is 2.74. The second-order valence-electron chi connectivity index (χ2n) is 7.90. The number of hydrogen-bond acceptors (Lipinski definition) is 6. The molecule has 1 heterocycles. The molecule has 2 aromatic rings. The molecule has 7 nitrogen and oxygen atoms in total. The molecule has 0 spiro atoms. The van der Waals surface area contributed by atoms with E-state index in [0.29, 0.717) is 17.4 Å². The average molecular weight is 398 g/mol. The minimum absolute atomic E-state index is 0.0153. The van der Waals surface area contributed by atoms with E-state index in [1.54, 1.807) is 19.2 Å². The minimum atomic E-state index is -0.0153. The van der Waals surface area contributed by atoms with Crippen molar-refractivity contribution in [2.75, 3.05) is 38.0 Å². The second-order valence-corrected chi connectivity index (χ2v) is 7.90. The van der Waals surface area contributed by atoms with E-state index in [1.165, 1.54) is 0 Å².